The molecule has 26 heavy (non-hydrogen) atoms. The molecule has 3 rings (SSSR count). The zero-order chi connectivity index (χ0) is 18.7. The smallest absolute Gasteiger partial charge is 0.323 e. The van der Waals surface area contributed by atoms with Crippen molar-refractivity contribution in [2.45, 2.75) is 20.3 Å². The number of hydrogen-bond donors (Lipinski definition) is 2. The van der Waals surface area contributed by atoms with Gasteiger partial charge in [-0.25, -0.2) is 19.6 Å². The second-order valence-electron chi connectivity index (χ2n) is 6.86. The van der Waals surface area contributed by atoms with Gasteiger partial charge in [-0.2, -0.15) is 0 Å². The summed E-state index contributed by atoms with van der Waals surface area (Å²) in [6.07, 6.45) is 3.93. The highest BCUT2D eigenvalue weighted by Crippen LogP contribution is 2.20. The van der Waals surface area contributed by atoms with Crippen molar-refractivity contribution in [1.29, 1.82) is 0 Å². The molecule has 2 atom stereocenters. The summed E-state index contributed by atoms with van der Waals surface area (Å²) in [6, 6.07) is 5.37. The van der Waals surface area contributed by atoms with Gasteiger partial charge in [-0.3, -0.25) is 14.8 Å². The first-order valence-corrected chi connectivity index (χ1v) is 8.57. The SMILES string of the molecule is CC1CC(C)CN(C(=O)NNC(=O)c2cncn2-c2ccc(F)cc2)C1. The predicted octanol–water partition coefficient (Wildman–Crippen LogP) is 2.34. The number of halogens is 1. The Bertz CT molecular complexity index is 779. The third kappa shape index (κ3) is 4.01. The zero-order valence-corrected chi connectivity index (χ0v) is 14.8. The number of urea groups is 1. The topological polar surface area (TPSA) is 79.3 Å². The van der Waals surface area contributed by atoms with Crippen molar-refractivity contribution in [3.63, 3.8) is 0 Å². The summed E-state index contributed by atoms with van der Waals surface area (Å²) in [5.41, 5.74) is 5.70. The van der Waals surface area contributed by atoms with Gasteiger partial charge in [0.15, 0.2) is 0 Å². The van der Waals surface area contributed by atoms with Crippen LogP contribution in [0.15, 0.2) is 36.8 Å². The van der Waals surface area contributed by atoms with Gasteiger partial charge in [-0.05, 0) is 42.5 Å². The van der Waals surface area contributed by atoms with E-state index >= 15 is 0 Å². The van der Waals surface area contributed by atoms with Gasteiger partial charge in [0.25, 0.3) is 5.91 Å². The quantitative estimate of drug-likeness (QED) is 0.808. The first kappa shape index (κ1) is 17.9. The number of imidazole rings is 1. The minimum atomic E-state index is -0.502. The Labute approximate surface area is 151 Å². The Morgan fingerprint density at radius 2 is 1.77 bits per heavy atom. The normalized spacial score (nSPS) is 19.9. The molecular weight excluding hydrogens is 337 g/mol. The van der Waals surface area contributed by atoms with Crippen LogP contribution in [-0.4, -0.2) is 39.5 Å². The van der Waals surface area contributed by atoms with E-state index in [0.717, 1.165) is 6.42 Å². The second-order valence-corrected chi connectivity index (χ2v) is 6.86. The van der Waals surface area contributed by atoms with Crippen LogP contribution in [0.5, 0.6) is 0 Å². The van der Waals surface area contributed by atoms with Gasteiger partial charge in [0.2, 0.25) is 0 Å². The van der Waals surface area contributed by atoms with Crippen LogP contribution in [0.3, 0.4) is 0 Å². The van der Waals surface area contributed by atoms with Crippen molar-refractivity contribution in [3.8, 4) is 5.69 Å². The molecule has 0 aliphatic carbocycles. The molecule has 138 valence electrons. The maximum atomic E-state index is 13.1. The van der Waals surface area contributed by atoms with Crippen LogP contribution >= 0.6 is 0 Å². The lowest BCUT2D eigenvalue weighted by atomic mass is 9.92. The fourth-order valence-corrected chi connectivity index (χ4v) is 3.35. The van der Waals surface area contributed by atoms with Crippen LogP contribution < -0.4 is 10.9 Å². The zero-order valence-electron chi connectivity index (χ0n) is 14.8. The number of piperidine rings is 1. The Morgan fingerprint density at radius 1 is 1.12 bits per heavy atom. The average molecular weight is 359 g/mol. The van der Waals surface area contributed by atoms with Crippen LogP contribution in [0.2, 0.25) is 0 Å². The van der Waals surface area contributed by atoms with Gasteiger partial charge in [0.05, 0.1) is 12.5 Å². The summed E-state index contributed by atoms with van der Waals surface area (Å²) in [7, 11) is 0. The number of rotatable bonds is 2. The fourth-order valence-electron chi connectivity index (χ4n) is 3.35. The van der Waals surface area contributed by atoms with Crippen molar-refractivity contribution < 1.29 is 14.0 Å². The van der Waals surface area contributed by atoms with Crippen molar-refractivity contribution in [1.82, 2.24) is 25.3 Å². The number of carbonyl (C=O) groups excluding carboxylic acids is 2. The van der Waals surface area contributed by atoms with Crippen LogP contribution in [0.4, 0.5) is 9.18 Å². The van der Waals surface area contributed by atoms with Gasteiger partial charge < -0.3 is 4.90 Å². The van der Waals surface area contributed by atoms with E-state index in [1.165, 1.54) is 29.2 Å². The molecule has 3 amide bonds. The van der Waals surface area contributed by atoms with Crippen molar-refractivity contribution >= 4 is 11.9 Å². The summed E-state index contributed by atoms with van der Waals surface area (Å²) in [5, 5.41) is 0. The van der Waals surface area contributed by atoms with E-state index in [9.17, 15) is 14.0 Å². The average Bonchev–Trinajstić information content (AvgIpc) is 3.09. The Morgan fingerprint density at radius 3 is 2.42 bits per heavy atom. The largest absolute Gasteiger partial charge is 0.336 e. The lowest BCUT2D eigenvalue weighted by molar-refractivity contribution is 0.0914. The van der Waals surface area contributed by atoms with E-state index in [1.54, 1.807) is 17.0 Å². The molecule has 0 spiro atoms. The molecule has 2 heterocycles. The first-order valence-electron chi connectivity index (χ1n) is 8.57. The number of hydrogen-bond acceptors (Lipinski definition) is 3. The molecule has 0 radical (unpaired) electrons. The van der Waals surface area contributed by atoms with Crippen LogP contribution in [-0.2, 0) is 0 Å². The molecule has 1 aliphatic heterocycles. The fraction of sp³-hybridized carbons (Fsp3) is 0.389. The predicted molar refractivity (Wildman–Crippen MR) is 94.0 cm³/mol. The molecule has 2 N–H and O–H groups in total. The van der Waals surface area contributed by atoms with E-state index in [-0.39, 0.29) is 17.5 Å². The monoisotopic (exact) mass is 359 g/mol. The number of amides is 3. The lowest BCUT2D eigenvalue weighted by Crippen LogP contribution is -2.52. The first-order chi connectivity index (χ1) is 12.4. The van der Waals surface area contributed by atoms with Crippen LogP contribution in [0.1, 0.15) is 30.8 Å². The molecule has 1 aliphatic rings. The number of nitrogens with one attached hydrogen (secondary N) is 2. The third-order valence-corrected chi connectivity index (χ3v) is 4.41. The molecule has 1 aromatic heterocycles. The number of aromatic nitrogens is 2. The molecular formula is C18H22FN5O2. The van der Waals surface area contributed by atoms with Gasteiger partial charge >= 0.3 is 6.03 Å². The van der Waals surface area contributed by atoms with Gasteiger partial charge in [-0.15, -0.1) is 0 Å². The lowest BCUT2D eigenvalue weighted by Gasteiger charge is -2.34. The van der Waals surface area contributed by atoms with Gasteiger partial charge in [0, 0.05) is 18.8 Å². The molecule has 2 unspecified atom stereocenters. The molecule has 0 bridgehead atoms. The Kier molecular flexibility index (Phi) is 5.20. The molecule has 7 nitrogen and oxygen atoms in total. The van der Waals surface area contributed by atoms with Crippen molar-refractivity contribution in [3.05, 3.63) is 48.3 Å². The minimum absolute atomic E-state index is 0.234. The molecule has 1 saturated heterocycles. The molecule has 1 aromatic carbocycles. The van der Waals surface area contributed by atoms with E-state index in [1.807, 2.05) is 0 Å². The maximum Gasteiger partial charge on any atom is 0.336 e. The highest BCUT2D eigenvalue weighted by atomic mass is 19.1. The number of hydrazine groups is 1. The highest BCUT2D eigenvalue weighted by Gasteiger charge is 2.25. The van der Waals surface area contributed by atoms with Crippen LogP contribution in [0, 0.1) is 17.7 Å². The number of benzene rings is 1. The summed E-state index contributed by atoms with van der Waals surface area (Å²) < 4.78 is 14.6. The summed E-state index contributed by atoms with van der Waals surface area (Å²) in [5.74, 6) is -0.00406. The van der Waals surface area contributed by atoms with Crippen molar-refractivity contribution in [2.75, 3.05) is 13.1 Å². The summed E-state index contributed by atoms with van der Waals surface area (Å²) in [6.45, 7) is 5.55. The Balaban J connectivity index is 1.63. The number of nitrogens with zero attached hydrogens (tertiary/aromatic N) is 3. The second kappa shape index (κ2) is 7.55. The van der Waals surface area contributed by atoms with Gasteiger partial charge in [-0.1, -0.05) is 13.8 Å². The Hall–Kier alpha value is -2.90. The highest BCUT2D eigenvalue weighted by molar-refractivity contribution is 5.94. The van der Waals surface area contributed by atoms with E-state index in [0.29, 0.717) is 30.6 Å². The molecule has 8 heteroatoms. The van der Waals surface area contributed by atoms with Crippen molar-refractivity contribution in [2.24, 2.45) is 11.8 Å². The summed E-state index contributed by atoms with van der Waals surface area (Å²) in [4.78, 5) is 30.4. The number of carbonyl (C=O) groups is 2. The van der Waals surface area contributed by atoms with Crippen LogP contribution in [0.25, 0.3) is 5.69 Å². The molecule has 0 saturated carbocycles. The molecule has 2 aromatic rings. The van der Waals surface area contributed by atoms with E-state index in [4.69, 9.17) is 0 Å². The van der Waals surface area contributed by atoms with Gasteiger partial charge in [0.1, 0.15) is 11.5 Å². The molecule has 1 fully saturated rings. The minimum Gasteiger partial charge on any atom is -0.323 e. The standard InChI is InChI=1S/C18H22FN5O2/c1-12-7-13(2)10-23(9-12)18(26)22-21-17(25)16-8-20-11-24(16)15-5-3-14(19)4-6-15/h3-6,8,11-13H,7,9-10H2,1-2H3,(H,21,25)(H,22,26). The number of likely N-dealkylation sites (tertiary alicyclic amines) is 1. The van der Waals surface area contributed by atoms with E-state index < -0.39 is 5.91 Å². The third-order valence-electron chi connectivity index (χ3n) is 4.41. The summed E-state index contributed by atoms with van der Waals surface area (Å²) >= 11 is 0. The maximum absolute atomic E-state index is 13.1. The van der Waals surface area contributed by atoms with E-state index in [2.05, 4.69) is 29.7 Å².